The zero-order chi connectivity index (χ0) is 10.4. The van der Waals surface area contributed by atoms with Crippen LogP contribution >= 0.6 is 0 Å². The topological polar surface area (TPSA) is 36.0 Å². The SMILES string of the molecule is OC(c1cc2cc(F)ccc2[nH]1)C1CC1. The van der Waals surface area contributed by atoms with Crippen molar-refractivity contribution in [3.05, 3.63) is 35.8 Å². The van der Waals surface area contributed by atoms with Crippen molar-refractivity contribution in [3.63, 3.8) is 0 Å². The Hall–Kier alpha value is -1.35. The Morgan fingerprint density at radius 3 is 2.87 bits per heavy atom. The average Bonchev–Trinajstić information content (AvgIpc) is 2.97. The van der Waals surface area contributed by atoms with Crippen molar-refractivity contribution in [2.75, 3.05) is 0 Å². The number of aliphatic hydroxyl groups is 1. The number of H-pyrrole nitrogens is 1. The summed E-state index contributed by atoms with van der Waals surface area (Å²) in [6, 6.07) is 6.44. The van der Waals surface area contributed by atoms with Gasteiger partial charge in [0.05, 0.1) is 6.10 Å². The maximum Gasteiger partial charge on any atom is 0.123 e. The fourth-order valence-corrected chi connectivity index (χ4v) is 1.95. The van der Waals surface area contributed by atoms with Gasteiger partial charge in [-0.15, -0.1) is 0 Å². The van der Waals surface area contributed by atoms with E-state index in [0.717, 1.165) is 29.4 Å². The molecule has 2 aromatic rings. The van der Waals surface area contributed by atoms with Crippen molar-refractivity contribution in [2.45, 2.75) is 18.9 Å². The zero-order valence-corrected chi connectivity index (χ0v) is 8.20. The largest absolute Gasteiger partial charge is 0.387 e. The smallest absolute Gasteiger partial charge is 0.123 e. The number of aliphatic hydroxyl groups excluding tert-OH is 1. The van der Waals surface area contributed by atoms with Crippen LogP contribution in [-0.4, -0.2) is 10.1 Å². The molecular weight excluding hydrogens is 193 g/mol. The van der Waals surface area contributed by atoms with Gasteiger partial charge in [0.25, 0.3) is 0 Å². The van der Waals surface area contributed by atoms with Crippen molar-refractivity contribution in [1.29, 1.82) is 0 Å². The van der Waals surface area contributed by atoms with Gasteiger partial charge in [0.2, 0.25) is 0 Å². The summed E-state index contributed by atoms with van der Waals surface area (Å²) >= 11 is 0. The maximum absolute atomic E-state index is 12.9. The van der Waals surface area contributed by atoms with Crippen LogP contribution in [0.4, 0.5) is 4.39 Å². The third-order valence-electron chi connectivity index (χ3n) is 2.99. The molecule has 1 heterocycles. The monoisotopic (exact) mass is 205 g/mol. The summed E-state index contributed by atoms with van der Waals surface area (Å²) in [7, 11) is 0. The first-order valence-corrected chi connectivity index (χ1v) is 5.20. The van der Waals surface area contributed by atoms with E-state index in [0.29, 0.717) is 5.92 Å². The number of rotatable bonds is 2. The highest BCUT2D eigenvalue weighted by Gasteiger charge is 2.31. The molecular formula is C12H12FNO. The van der Waals surface area contributed by atoms with Gasteiger partial charge in [0, 0.05) is 16.6 Å². The summed E-state index contributed by atoms with van der Waals surface area (Å²) in [6.45, 7) is 0. The fraction of sp³-hybridized carbons (Fsp3) is 0.333. The third-order valence-corrected chi connectivity index (χ3v) is 2.99. The van der Waals surface area contributed by atoms with Crippen molar-refractivity contribution in [2.24, 2.45) is 5.92 Å². The predicted molar refractivity (Wildman–Crippen MR) is 55.9 cm³/mol. The molecule has 0 amide bonds. The fourth-order valence-electron chi connectivity index (χ4n) is 1.95. The number of aromatic amines is 1. The van der Waals surface area contributed by atoms with E-state index in [2.05, 4.69) is 4.98 Å². The summed E-state index contributed by atoms with van der Waals surface area (Å²) in [4.78, 5) is 3.13. The van der Waals surface area contributed by atoms with Crippen molar-refractivity contribution >= 4 is 10.9 Å². The first-order chi connectivity index (χ1) is 7.24. The van der Waals surface area contributed by atoms with Crippen LogP contribution in [0.25, 0.3) is 10.9 Å². The molecule has 0 spiro atoms. The number of hydrogen-bond acceptors (Lipinski definition) is 1. The van der Waals surface area contributed by atoms with Crippen LogP contribution in [0.1, 0.15) is 24.6 Å². The number of nitrogens with one attached hydrogen (secondary N) is 1. The Kier molecular flexibility index (Phi) is 1.83. The highest BCUT2D eigenvalue weighted by molar-refractivity contribution is 5.80. The molecule has 1 aromatic heterocycles. The lowest BCUT2D eigenvalue weighted by Crippen LogP contribution is -1.98. The van der Waals surface area contributed by atoms with Crippen LogP contribution in [-0.2, 0) is 0 Å². The second-order valence-electron chi connectivity index (χ2n) is 4.24. The standard InChI is InChI=1S/C12H12FNO/c13-9-3-4-10-8(5-9)6-11(14-10)12(15)7-1-2-7/h3-7,12,14-15H,1-2H2. The van der Waals surface area contributed by atoms with Crippen molar-refractivity contribution < 1.29 is 9.50 Å². The molecule has 1 aromatic carbocycles. The first-order valence-electron chi connectivity index (χ1n) is 5.20. The Morgan fingerprint density at radius 2 is 2.13 bits per heavy atom. The Bertz CT molecular complexity index is 501. The van der Waals surface area contributed by atoms with E-state index in [1.54, 1.807) is 6.07 Å². The van der Waals surface area contributed by atoms with Crippen LogP contribution in [0, 0.1) is 11.7 Å². The molecule has 3 rings (SSSR count). The molecule has 1 aliphatic carbocycles. The van der Waals surface area contributed by atoms with Crippen LogP contribution in [0.3, 0.4) is 0 Å². The molecule has 2 nitrogen and oxygen atoms in total. The van der Waals surface area contributed by atoms with Gasteiger partial charge < -0.3 is 10.1 Å². The first kappa shape index (κ1) is 8.92. The Labute approximate surface area is 86.7 Å². The van der Waals surface area contributed by atoms with E-state index in [1.165, 1.54) is 12.1 Å². The van der Waals surface area contributed by atoms with Gasteiger partial charge in [-0.3, -0.25) is 0 Å². The molecule has 2 N–H and O–H groups in total. The zero-order valence-electron chi connectivity index (χ0n) is 8.20. The average molecular weight is 205 g/mol. The van der Waals surface area contributed by atoms with Gasteiger partial charge in [0.1, 0.15) is 5.82 Å². The Morgan fingerprint density at radius 1 is 1.33 bits per heavy atom. The van der Waals surface area contributed by atoms with E-state index in [4.69, 9.17) is 0 Å². The normalized spacial score (nSPS) is 18.3. The molecule has 0 radical (unpaired) electrons. The second kappa shape index (κ2) is 3.07. The lowest BCUT2D eigenvalue weighted by atomic mass is 10.1. The molecule has 1 aliphatic rings. The molecule has 0 saturated heterocycles. The van der Waals surface area contributed by atoms with E-state index >= 15 is 0 Å². The molecule has 0 bridgehead atoms. The highest BCUT2D eigenvalue weighted by Crippen LogP contribution is 2.41. The molecule has 3 heteroatoms. The van der Waals surface area contributed by atoms with E-state index in [9.17, 15) is 9.50 Å². The van der Waals surface area contributed by atoms with Gasteiger partial charge in [-0.1, -0.05) is 0 Å². The lowest BCUT2D eigenvalue weighted by Gasteiger charge is -2.04. The number of hydrogen-bond donors (Lipinski definition) is 2. The van der Waals surface area contributed by atoms with Gasteiger partial charge in [-0.25, -0.2) is 4.39 Å². The van der Waals surface area contributed by atoms with E-state index in [1.807, 2.05) is 6.07 Å². The number of halogens is 1. The highest BCUT2D eigenvalue weighted by atomic mass is 19.1. The minimum absolute atomic E-state index is 0.242. The summed E-state index contributed by atoms with van der Waals surface area (Å²) in [5.74, 6) is 0.150. The van der Waals surface area contributed by atoms with Gasteiger partial charge >= 0.3 is 0 Å². The van der Waals surface area contributed by atoms with Crippen LogP contribution in [0.15, 0.2) is 24.3 Å². The molecule has 1 saturated carbocycles. The molecule has 78 valence electrons. The minimum atomic E-state index is -0.416. The third kappa shape index (κ3) is 1.53. The van der Waals surface area contributed by atoms with Gasteiger partial charge in [0.15, 0.2) is 0 Å². The number of fused-ring (bicyclic) bond motifs is 1. The minimum Gasteiger partial charge on any atom is -0.387 e. The summed E-state index contributed by atoms with van der Waals surface area (Å²) in [5, 5.41) is 10.7. The summed E-state index contributed by atoms with van der Waals surface area (Å²) in [6.07, 6.45) is 1.76. The van der Waals surface area contributed by atoms with Crippen LogP contribution in [0.5, 0.6) is 0 Å². The van der Waals surface area contributed by atoms with Crippen molar-refractivity contribution in [1.82, 2.24) is 4.98 Å². The van der Waals surface area contributed by atoms with Crippen LogP contribution in [0.2, 0.25) is 0 Å². The van der Waals surface area contributed by atoms with E-state index in [-0.39, 0.29) is 5.82 Å². The van der Waals surface area contributed by atoms with Gasteiger partial charge in [-0.2, -0.15) is 0 Å². The van der Waals surface area contributed by atoms with Crippen LogP contribution < -0.4 is 0 Å². The lowest BCUT2D eigenvalue weighted by molar-refractivity contribution is 0.150. The summed E-state index contributed by atoms with van der Waals surface area (Å²) < 4.78 is 12.9. The number of benzene rings is 1. The molecule has 1 atom stereocenters. The molecule has 15 heavy (non-hydrogen) atoms. The van der Waals surface area contributed by atoms with Gasteiger partial charge in [-0.05, 0) is 43.0 Å². The second-order valence-corrected chi connectivity index (χ2v) is 4.24. The molecule has 1 fully saturated rings. The quantitative estimate of drug-likeness (QED) is 0.777. The van der Waals surface area contributed by atoms with E-state index < -0.39 is 6.10 Å². The molecule has 0 aliphatic heterocycles. The Balaban J connectivity index is 2.05. The van der Waals surface area contributed by atoms with Crippen molar-refractivity contribution in [3.8, 4) is 0 Å². The molecule has 1 unspecified atom stereocenters. The summed E-state index contributed by atoms with van der Waals surface area (Å²) in [5.41, 5.74) is 1.68. The number of aromatic nitrogens is 1. The predicted octanol–water partition coefficient (Wildman–Crippen LogP) is 2.75. The maximum atomic E-state index is 12.9.